The highest BCUT2D eigenvalue weighted by Gasteiger charge is 2.38. The molecule has 1 unspecified atom stereocenters. The number of carbonyl (C=O) groups is 1. The van der Waals surface area contributed by atoms with Crippen molar-refractivity contribution in [3.8, 4) is 0 Å². The Morgan fingerprint density at radius 2 is 2.00 bits per heavy atom. The van der Waals surface area contributed by atoms with Gasteiger partial charge in [-0.1, -0.05) is 0 Å². The summed E-state index contributed by atoms with van der Waals surface area (Å²) in [7, 11) is 0. The monoisotopic (exact) mass is 196 g/mol. The lowest BCUT2D eigenvalue weighted by molar-refractivity contribution is -0.149. The number of hydrogen-bond donors (Lipinski definition) is 1. The molecule has 0 aromatic rings. The number of halogens is 3. The van der Waals surface area contributed by atoms with Gasteiger partial charge in [0.15, 0.2) is 0 Å². The fraction of sp³-hybridized carbons (Fsp3) is 0.857. The van der Waals surface area contributed by atoms with Gasteiger partial charge in [-0.15, -0.1) is 0 Å². The van der Waals surface area contributed by atoms with Crippen molar-refractivity contribution >= 4 is 6.03 Å². The minimum absolute atomic E-state index is 0.552. The lowest BCUT2D eigenvalue weighted by Gasteiger charge is -2.32. The van der Waals surface area contributed by atoms with Crippen LogP contribution in [-0.2, 0) is 0 Å². The van der Waals surface area contributed by atoms with E-state index in [2.05, 4.69) is 0 Å². The molecule has 1 fully saturated rings. The Labute approximate surface area is 73.9 Å². The fourth-order valence-electron chi connectivity index (χ4n) is 0.878. The van der Waals surface area contributed by atoms with Gasteiger partial charge in [-0.25, -0.2) is 4.79 Å². The van der Waals surface area contributed by atoms with Crippen LogP contribution in [0.5, 0.6) is 0 Å². The second kappa shape index (κ2) is 3.43. The van der Waals surface area contributed by atoms with E-state index in [0.717, 1.165) is 13.3 Å². The molecule has 6 heteroatoms. The van der Waals surface area contributed by atoms with Gasteiger partial charge >= 0.3 is 12.2 Å². The molecule has 1 atom stereocenters. The summed E-state index contributed by atoms with van der Waals surface area (Å²) in [5.41, 5.74) is 0. The molecule has 0 aliphatic carbocycles. The van der Waals surface area contributed by atoms with Crippen LogP contribution in [0.25, 0.3) is 0 Å². The second-order valence-electron chi connectivity index (χ2n) is 3.05. The van der Waals surface area contributed by atoms with E-state index < -0.39 is 18.2 Å². The van der Waals surface area contributed by atoms with Crippen LogP contribution in [0.15, 0.2) is 0 Å². The summed E-state index contributed by atoms with van der Waals surface area (Å²) in [5.74, 6) is 0. The van der Waals surface area contributed by atoms with Gasteiger partial charge in [0.2, 0.25) is 0 Å². The number of likely N-dealkylation sites (tertiary alicyclic amines) is 1. The van der Waals surface area contributed by atoms with Crippen molar-refractivity contribution in [1.82, 2.24) is 10.2 Å². The number of urea groups is 1. The molecule has 1 aliphatic heterocycles. The predicted octanol–water partition coefficient (Wildman–Crippen LogP) is 1.35. The zero-order valence-electron chi connectivity index (χ0n) is 7.19. The van der Waals surface area contributed by atoms with Crippen molar-refractivity contribution in [2.24, 2.45) is 0 Å². The predicted molar refractivity (Wildman–Crippen MR) is 40.2 cm³/mol. The van der Waals surface area contributed by atoms with Crippen LogP contribution in [0, 0.1) is 0 Å². The first-order valence-corrected chi connectivity index (χ1v) is 4.03. The Balaban J connectivity index is 2.35. The highest BCUT2D eigenvalue weighted by molar-refractivity contribution is 5.75. The first-order valence-electron chi connectivity index (χ1n) is 4.03. The molecule has 0 aromatic heterocycles. The van der Waals surface area contributed by atoms with Gasteiger partial charge in [0.05, 0.1) is 0 Å². The van der Waals surface area contributed by atoms with Crippen molar-refractivity contribution in [2.45, 2.75) is 25.6 Å². The standard InChI is InChI=1S/C7H11F3N2O/c1-5(7(8,9)10)11-6(13)12-3-2-4-12/h5H,2-4H2,1H3,(H,11,13). The highest BCUT2D eigenvalue weighted by Crippen LogP contribution is 2.20. The normalized spacial score (nSPS) is 19.2. The van der Waals surface area contributed by atoms with Gasteiger partial charge in [0, 0.05) is 13.1 Å². The van der Waals surface area contributed by atoms with E-state index in [4.69, 9.17) is 0 Å². The topological polar surface area (TPSA) is 32.3 Å². The summed E-state index contributed by atoms with van der Waals surface area (Å²) < 4.78 is 35.9. The molecular formula is C7H11F3N2O. The maximum atomic E-state index is 12.0. The van der Waals surface area contributed by atoms with Crippen molar-refractivity contribution in [2.75, 3.05) is 13.1 Å². The molecule has 1 N–H and O–H groups in total. The lowest BCUT2D eigenvalue weighted by atomic mass is 10.2. The van der Waals surface area contributed by atoms with Crippen molar-refractivity contribution in [3.05, 3.63) is 0 Å². The number of hydrogen-bond acceptors (Lipinski definition) is 1. The summed E-state index contributed by atoms with van der Waals surface area (Å²) in [6, 6.07) is -2.41. The second-order valence-corrected chi connectivity index (χ2v) is 3.05. The SMILES string of the molecule is CC(NC(=O)N1CCC1)C(F)(F)F. The zero-order valence-corrected chi connectivity index (χ0v) is 7.19. The van der Waals surface area contributed by atoms with Crippen LogP contribution in [0.2, 0.25) is 0 Å². The van der Waals surface area contributed by atoms with E-state index in [1.807, 2.05) is 5.32 Å². The Morgan fingerprint density at radius 3 is 2.31 bits per heavy atom. The van der Waals surface area contributed by atoms with E-state index in [1.54, 1.807) is 0 Å². The van der Waals surface area contributed by atoms with Gasteiger partial charge in [0.25, 0.3) is 0 Å². The summed E-state index contributed by atoms with van der Waals surface area (Å²) in [4.78, 5) is 12.3. The third-order valence-corrected chi connectivity index (χ3v) is 1.97. The van der Waals surface area contributed by atoms with E-state index in [1.165, 1.54) is 4.90 Å². The van der Waals surface area contributed by atoms with Gasteiger partial charge in [-0.3, -0.25) is 0 Å². The van der Waals surface area contributed by atoms with Gasteiger partial charge in [-0.2, -0.15) is 13.2 Å². The molecule has 76 valence electrons. The first-order chi connectivity index (χ1) is 5.91. The van der Waals surface area contributed by atoms with Gasteiger partial charge in [0.1, 0.15) is 6.04 Å². The molecule has 2 amide bonds. The molecule has 1 saturated heterocycles. The van der Waals surface area contributed by atoms with E-state index in [9.17, 15) is 18.0 Å². The molecule has 0 aromatic carbocycles. The summed E-state index contributed by atoms with van der Waals surface area (Å²) >= 11 is 0. The molecule has 0 bridgehead atoms. The number of amides is 2. The van der Waals surface area contributed by atoms with Gasteiger partial charge in [-0.05, 0) is 13.3 Å². The van der Waals surface area contributed by atoms with Crippen molar-refractivity contribution in [3.63, 3.8) is 0 Å². The number of alkyl halides is 3. The lowest BCUT2D eigenvalue weighted by Crippen LogP contribution is -2.53. The molecule has 1 heterocycles. The fourth-order valence-corrected chi connectivity index (χ4v) is 0.878. The molecule has 0 saturated carbocycles. The number of rotatable bonds is 1. The molecule has 0 radical (unpaired) electrons. The van der Waals surface area contributed by atoms with E-state index in [0.29, 0.717) is 13.1 Å². The van der Waals surface area contributed by atoms with Crippen LogP contribution in [-0.4, -0.2) is 36.2 Å². The minimum Gasteiger partial charge on any atom is -0.326 e. The molecule has 0 spiro atoms. The molecular weight excluding hydrogens is 185 g/mol. The number of carbonyl (C=O) groups excluding carboxylic acids is 1. The van der Waals surface area contributed by atoms with Crippen LogP contribution in [0.1, 0.15) is 13.3 Å². The maximum absolute atomic E-state index is 12.0. The minimum atomic E-state index is -4.36. The Kier molecular flexibility index (Phi) is 2.68. The quantitative estimate of drug-likeness (QED) is 0.674. The molecule has 1 aliphatic rings. The largest absolute Gasteiger partial charge is 0.408 e. The first kappa shape index (κ1) is 10.1. The number of nitrogens with one attached hydrogen (secondary N) is 1. The Bertz CT molecular complexity index is 200. The third kappa shape index (κ3) is 2.50. The maximum Gasteiger partial charge on any atom is 0.408 e. The average molecular weight is 196 g/mol. The third-order valence-electron chi connectivity index (χ3n) is 1.97. The van der Waals surface area contributed by atoms with E-state index >= 15 is 0 Å². The summed E-state index contributed by atoms with van der Waals surface area (Å²) in [6.07, 6.45) is -3.49. The van der Waals surface area contributed by atoms with Crippen LogP contribution in [0.3, 0.4) is 0 Å². The smallest absolute Gasteiger partial charge is 0.326 e. The molecule has 1 rings (SSSR count). The zero-order chi connectivity index (χ0) is 10.1. The van der Waals surface area contributed by atoms with Crippen LogP contribution >= 0.6 is 0 Å². The van der Waals surface area contributed by atoms with Gasteiger partial charge < -0.3 is 10.2 Å². The average Bonchev–Trinajstić information content (AvgIpc) is 1.79. The summed E-state index contributed by atoms with van der Waals surface area (Å²) in [5, 5.41) is 1.88. The van der Waals surface area contributed by atoms with E-state index in [-0.39, 0.29) is 0 Å². The van der Waals surface area contributed by atoms with Crippen molar-refractivity contribution in [1.29, 1.82) is 0 Å². The molecule has 3 nitrogen and oxygen atoms in total. The van der Waals surface area contributed by atoms with Crippen LogP contribution in [0.4, 0.5) is 18.0 Å². The Morgan fingerprint density at radius 1 is 1.46 bits per heavy atom. The Hall–Kier alpha value is -0.940. The highest BCUT2D eigenvalue weighted by atomic mass is 19.4. The number of nitrogens with zero attached hydrogens (tertiary/aromatic N) is 1. The molecule has 13 heavy (non-hydrogen) atoms. The van der Waals surface area contributed by atoms with Crippen LogP contribution < -0.4 is 5.32 Å². The van der Waals surface area contributed by atoms with Crippen molar-refractivity contribution < 1.29 is 18.0 Å². The summed E-state index contributed by atoms with van der Waals surface area (Å²) in [6.45, 7) is 2.03.